The van der Waals surface area contributed by atoms with Crippen molar-refractivity contribution in [3.05, 3.63) is 71.7 Å². The number of aromatic carboxylic acids is 1. The number of hydrogen-bond acceptors (Lipinski definition) is 4. The largest absolute Gasteiger partial charge is 0.512 e. The van der Waals surface area contributed by atoms with Crippen LogP contribution in [0, 0.1) is 0 Å². The Morgan fingerprint density at radius 3 is 2.25 bits per heavy atom. The number of carbonyl (C=O) groups is 2. The van der Waals surface area contributed by atoms with Crippen LogP contribution in [0.25, 0.3) is 0 Å². The van der Waals surface area contributed by atoms with E-state index in [1.165, 1.54) is 36.4 Å². The third-order valence-electron chi connectivity index (χ3n) is 2.40. The van der Waals surface area contributed by atoms with Gasteiger partial charge in [-0.25, -0.2) is 4.79 Å². The van der Waals surface area contributed by atoms with Gasteiger partial charge in [0, 0.05) is 11.6 Å². The summed E-state index contributed by atoms with van der Waals surface area (Å²) in [6.45, 7) is 3.37. The average Bonchev–Trinajstić information content (AvgIpc) is 2.38. The van der Waals surface area contributed by atoms with Crippen LogP contribution in [0.4, 0.5) is 0 Å². The van der Waals surface area contributed by atoms with E-state index < -0.39 is 18.2 Å². The standard InChI is InChI=1S/C15H14O5/c1-2-5-10(16)8-11(17)9-14(18)12-6-3-4-7-13(12)15(19)20/h2-8,16-17H,1,9H2,(H,19,20)/b10-5+,11-8+. The Morgan fingerprint density at radius 2 is 1.70 bits per heavy atom. The summed E-state index contributed by atoms with van der Waals surface area (Å²) < 4.78 is 0. The summed E-state index contributed by atoms with van der Waals surface area (Å²) in [6, 6.07) is 5.73. The topological polar surface area (TPSA) is 94.8 Å². The molecule has 0 radical (unpaired) electrons. The van der Waals surface area contributed by atoms with Gasteiger partial charge in [0.05, 0.1) is 12.0 Å². The third kappa shape index (κ3) is 4.13. The molecular weight excluding hydrogens is 260 g/mol. The minimum Gasteiger partial charge on any atom is -0.512 e. The van der Waals surface area contributed by atoms with Crippen LogP contribution in [0.5, 0.6) is 0 Å². The van der Waals surface area contributed by atoms with Crippen LogP contribution in [0.3, 0.4) is 0 Å². The van der Waals surface area contributed by atoms with E-state index in [4.69, 9.17) is 5.11 Å². The van der Waals surface area contributed by atoms with Crippen LogP contribution in [-0.4, -0.2) is 27.1 Å². The zero-order chi connectivity index (χ0) is 15.1. The maximum absolute atomic E-state index is 11.9. The number of aliphatic hydroxyl groups is 2. The lowest BCUT2D eigenvalue weighted by molar-refractivity contribution is 0.0691. The summed E-state index contributed by atoms with van der Waals surface area (Å²) in [5.41, 5.74) is -0.122. The van der Waals surface area contributed by atoms with Crippen molar-refractivity contribution in [2.75, 3.05) is 0 Å². The van der Waals surface area contributed by atoms with Crippen molar-refractivity contribution in [2.45, 2.75) is 6.42 Å². The molecule has 0 aromatic heterocycles. The lowest BCUT2D eigenvalue weighted by atomic mass is 10.0. The molecule has 0 spiro atoms. The van der Waals surface area contributed by atoms with Gasteiger partial charge in [-0.2, -0.15) is 0 Å². The lowest BCUT2D eigenvalue weighted by Crippen LogP contribution is -2.09. The Hall–Kier alpha value is -2.82. The highest BCUT2D eigenvalue weighted by atomic mass is 16.4. The Labute approximate surface area is 115 Å². The zero-order valence-electron chi connectivity index (χ0n) is 10.6. The van der Waals surface area contributed by atoms with Gasteiger partial charge in [0.25, 0.3) is 0 Å². The number of carbonyl (C=O) groups excluding carboxylic acids is 1. The van der Waals surface area contributed by atoms with Crippen LogP contribution >= 0.6 is 0 Å². The molecule has 0 aliphatic heterocycles. The first kappa shape index (κ1) is 15.2. The van der Waals surface area contributed by atoms with Crippen LogP contribution in [0.2, 0.25) is 0 Å². The first-order valence-corrected chi connectivity index (χ1v) is 5.72. The Bertz CT molecular complexity index is 596. The number of rotatable bonds is 6. The monoisotopic (exact) mass is 274 g/mol. The van der Waals surface area contributed by atoms with Gasteiger partial charge in [0.15, 0.2) is 5.78 Å². The highest BCUT2D eigenvalue weighted by Gasteiger charge is 2.16. The van der Waals surface area contributed by atoms with E-state index >= 15 is 0 Å². The number of allylic oxidation sites excluding steroid dienone is 4. The normalized spacial score (nSPS) is 12.0. The van der Waals surface area contributed by atoms with Crippen LogP contribution < -0.4 is 0 Å². The quantitative estimate of drug-likeness (QED) is 0.421. The Kier molecular flexibility index (Phi) is 5.29. The molecule has 5 heteroatoms. The molecule has 0 fully saturated rings. The van der Waals surface area contributed by atoms with Gasteiger partial charge < -0.3 is 15.3 Å². The van der Waals surface area contributed by atoms with E-state index in [2.05, 4.69) is 6.58 Å². The second kappa shape index (κ2) is 6.94. The predicted octanol–water partition coefficient (Wildman–Crippen LogP) is 3.03. The zero-order valence-corrected chi connectivity index (χ0v) is 10.6. The second-order valence-electron chi connectivity index (χ2n) is 3.91. The number of aliphatic hydroxyl groups excluding tert-OH is 2. The molecule has 104 valence electrons. The molecule has 5 nitrogen and oxygen atoms in total. The number of carboxylic acid groups (broad SMARTS) is 1. The van der Waals surface area contributed by atoms with Gasteiger partial charge in [-0.1, -0.05) is 30.9 Å². The molecule has 20 heavy (non-hydrogen) atoms. The molecule has 3 N–H and O–H groups in total. The van der Waals surface area contributed by atoms with E-state index in [1.54, 1.807) is 0 Å². The first-order chi connectivity index (χ1) is 9.45. The Morgan fingerprint density at radius 1 is 1.10 bits per heavy atom. The Balaban J connectivity index is 2.95. The third-order valence-corrected chi connectivity index (χ3v) is 2.40. The van der Waals surface area contributed by atoms with Gasteiger partial charge in [-0.15, -0.1) is 0 Å². The van der Waals surface area contributed by atoms with Crippen molar-refractivity contribution in [3.8, 4) is 0 Å². The fourth-order valence-corrected chi connectivity index (χ4v) is 1.56. The molecule has 0 saturated carbocycles. The van der Waals surface area contributed by atoms with Crippen molar-refractivity contribution >= 4 is 11.8 Å². The maximum atomic E-state index is 11.9. The maximum Gasteiger partial charge on any atom is 0.336 e. The molecule has 1 aromatic carbocycles. The van der Waals surface area contributed by atoms with Gasteiger partial charge in [0.1, 0.15) is 11.5 Å². The molecule has 0 aliphatic rings. The van der Waals surface area contributed by atoms with E-state index in [9.17, 15) is 19.8 Å². The molecule has 0 saturated heterocycles. The molecule has 1 rings (SSSR count). The van der Waals surface area contributed by atoms with Gasteiger partial charge >= 0.3 is 5.97 Å². The van der Waals surface area contributed by atoms with Crippen molar-refractivity contribution in [1.29, 1.82) is 0 Å². The number of benzene rings is 1. The molecule has 0 amide bonds. The summed E-state index contributed by atoms with van der Waals surface area (Å²) in [5.74, 6) is -2.39. The molecule has 0 unspecified atom stereocenters. The number of ketones is 1. The fourth-order valence-electron chi connectivity index (χ4n) is 1.56. The summed E-state index contributed by atoms with van der Waals surface area (Å²) in [6.07, 6.45) is 3.16. The highest BCUT2D eigenvalue weighted by Crippen LogP contribution is 2.14. The van der Waals surface area contributed by atoms with E-state index in [-0.39, 0.29) is 22.6 Å². The molecular formula is C15H14O5. The predicted molar refractivity (Wildman–Crippen MR) is 74.0 cm³/mol. The summed E-state index contributed by atoms with van der Waals surface area (Å²) in [4.78, 5) is 22.9. The van der Waals surface area contributed by atoms with E-state index in [0.29, 0.717) is 0 Å². The first-order valence-electron chi connectivity index (χ1n) is 5.72. The van der Waals surface area contributed by atoms with Crippen LogP contribution in [-0.2, 0) is 0 Å². The van der Waals surface area contributed by atoms with E-state index in [0.717, 1.165) is 6.08 Å². The smallest absolute Gasteiger partial charge is 0.336 e. The van der Waals surface area contributed by atoms with Gasteiger partial charge in [-0.05, 0) is 12.1 Å². The summed E-state index contributed by atoms with van der Waals surface area (Å²) >= 11 is 0. The molecule has 0 atom stereocenters. The molecule has 0 bridgehead atoms. The van der Waals surface area contributed by atoms with Crippen molar-refractivity contribution in [3.63, 3.8) is 0 Å². The van der Waals surface area contributed by atoms with Crippen molar-refractivity contribution in [2.24, 2.45) is 0 Å². The van der Waals surface area contributed by atoms with Crippen molar-refractivity contribution in [1.82, 2.24) is 0 Å². The highest BCUT2D eigenvalue weighted by molar-refractivity contribution is 6.06. The van der Waals surface area contributed by atoms with Crippen LogP contribution in [0.15, 0.2) is 60.6 Å². The molecule has 0 aliphatic carbocycles. The minimum absolute atomic E-state index is 0.00661. The number of hydrogen-bond donors (Lipinski definition) is 3. The van der Waals surface area contributed by atoms with Crippen LogP contribution in [0.1, 0.15) is 27.1 Å². The van der Waals surface area contributed by atoms with E-state index in [1.807, 2.05) is 0 Å². The molecule has 1 aromatic rings. The number of carboxylic acids is 1. The fraction of sp³-hybridized carbons (Fsp3) is 0.0667. The average molecular weight is 274 g/mol. The second-order valence-corrected chi connectivity index (χ2v) is 3.91. The van der Waals surface area contributed by atoms with Gasteiger partial charge in [0.2, 0.25) is 0 Å². The van der Waals surface area contributed by atoms with Crippen molar-refractivity contribution < 1.29 is 24.9 Å². The minimum atomic E-state index is -1.22. The SMILES string of the molecule is C=C/C=C(O)\C=C(\O)CC(=O)c1ccccc1C(=O)O. The lowest BCUT2D eigenvalue weighted by Gasteiger charge is -2.04. The van der Waals surface area contributed by atoms with Gasteiger partial charge in [-0.3, -0.25) is 4.79 Å². The summed E-state index contributed by atoms with van der Waals surface area (Å²) in [5, 5.41) is 27.8. The molecule has 0 heterocycles. The summed E-state index contributed by atoms with van der Waals surface area (Å²) in [7, 11) is 0. The number of Topliss-reactive ketones (excluding diaryl/α,β-unsaturated/α-hetero) is 1.